The Bertz CT molecular complexity index is 1560. The largest absolute Gasteiger partial charge is 0.459 e. The minimum atomic E-state index is -1.99. The second-order valence-corrected chi connectivity index (χ2v) is 13.4. The number of alkyl halides is 2. The van der Waals surface area contributed by atoms with E-state index < -0.39 is 51.2 Å². The van der Waals surface area contributed by atoms with Crippen LogP contribution >= 0.6 is 11.8 Å². The van der Waals surface area contributed by atoms with Gasteiger partial charge in [-0.25, -0.2) is 18.4 Å². The van der Waals surface area contributed by atoms with Crippen molar-refractivity contribution in [3.8, 4) is 11.6 Å². The van der Waals surface area contributed by atoms with Gasteiger partial charge in [-0.15, -0.1) is 0 Å². The Labute approximate surface area is 244 Å². The van der Waals surface area contributed by atoms with Gasteiger partial charge in [-0.05, 0) is 80.0 Å². The summed E-state index contributed by atoms with van der Waals surface area (Å²) in [7, 11) is 0. The van der Waals surface area contributed by atoms with E-state index in [9.17, 15) is 18.7 Å². The first-order valence-corrected chi connectivity index (χ1v) is 15.1. The van der Waals surface area contributed by atoms with Crippen molar-refractivity contribution >= 4 is 23.0 Å². The number of aromatic nitrogens is 4. The van der Waals surface area contributed by atoms with Crippen LogP contribution in [0.5, 0.6) is 5.88 Å². The smallest absolute Gasteiger partial charge is 0.253 e. The van der Waals surface area contributed by atoms with Crippen LogP contribution in [-0.2, 0) is 11.2 Å². The average molecular weight is 601 g/mol. The number of thioether (sulfide) groups is 1. The molecule has 12 heteroatoms. The molecule has 1 N–H and O–H groups in total. The van der Waals surface area contributed by atoms with Crippen molar-refractivity contribution in [3.05, 3.63) is 60.0 Å². The molecule has 0 bridgehead atoms. The van der Waals surface area contributed by atoms with Gasteiger partial charge in [-0.3, -0.25) is 4.79 Å². The summed E-state index contributed by atoms with van der Waals surface area (Å²) in [6.07, 6.45) is 8.25. The number of carbonyl (C=O) groups is 1. The molecular formula is C30H31F3N4O4S. The van der Waals surface area contributed by atoms with Crippen LogP contribution in [-0.4, -0.2) is 53.4 Å². The highest BCUT2D eigenvalue weighted by Gasteiger charge is 2.75. The van der Waals surface area contributed by atoms with E-state index in [2.05, 4.69) is 15.1 Å². The van der Waals surface area contributed by atoms with Crippen LogP contribution in [0, 0.1) is 28.6 Å². The van der Waals surface area contributed by atoms with E-state index in [1.807, 2.05) is 19.9 Å². The fourth-order valence-electron chi connectivity index (χ4n) is 8.88. The molecule has 0 amide bonds. The number of allylic oxidation sites excluding steroid dienone is 1. The first-order chi connectivity index (χ1) is 20.1. The molecule has 0 saturated heterocycles. The standard InChI is InChI=1S/C30H31F3N4O4S/c1-27-10-17-12-36-37(19-4-6-24(32)34-13-19)22(17)9-18(27)3-5-21-20-7-8-29(26(39)42-15-31,41-25-14-40-16-35-25)28(20,2)11-23(38)30(21,27)33/h4,6,9,12-14,16,20-21,23,38H,3,5,7-8,10-11,15H2,1-2H3/t20-,21?,23-,27-,28-,29-,30-/m0/s1. The number of ether oxygens (including phenoxy) is 1. The van der Waals surface area contributed by atoms with Crippen molar-refractivity contribution in [1.82, 2.24) is 19.7 Å². The zero-order valence-electron chi connectivity index (χ0n) is 23.2. The van der Waals surface area contributed by atoms with E-state index in [4.69, 9.17) is 9.15 Å². The first kappa shape index (κ1) is 27.7. The van der Waals surface area contributed by atoms with Crippen LogP contribution in [0.25, 0.3) is 11.8 Å². The molecule has 3 aromatic heterocycles. The summed E-state index contributed by atoms with van der Waals surface area (Å²) in [5, 5.41) is 15.9. The van der Waals surface area contributed by atoms with Crippen LogP contribution < -0.4 is 4.74 Å². The van der Waals surface area contributed by atoms with Gasteiger partial charge in [0.2, 0.25) is 11.1 Å². The Kier molecular flexibility index (Phi) is 6.22. The van der Waals surface area contributed by atoms with E-state index in [1.54, 1.807) is 16.9 Å². The number of oxazole rings is 1. The maximum atomic E-state index is 18.0. The summed E-state index contributed by atoms with van der Waals surface area (Å²) in [4.78, 5) is 21.4. The second-order valence-electron chi connectivity index (χ2n) is 12.5. The topological polar surface area (TPSA) is 103 Å². The summed E-state index contributed by atoms with van der Waals surface area (Å²) in [6, 6.07) is 1.95. The van der Waals surface area contributed by atoms with Crippen LogP contribution in [0.4, 0.5) is 13.2 Å². The Morgan fingerprint density at radius 2 is 2.07 bits per heavy atom. The molecule has 8 nitrogen and oxygen atoms in total. The molecule has 4 aliphatic rings. The molecule has 3 aromatic rings. The molecule has 7 rings (SSSR count). The molecule has 42 heavy (non-hydrogen) atoms. The van der Waals surface area contributed by atoms with Gasteiger partial charge in [0, 0.05) is 16.7 Å². The van der Waals surface area contributed by atoms with Gasteiger partial charge in [0.05, 0.1) is 29.9 Å². The minimum absolute atomic E-state index is 0.0304. The number of nitrogens with zero attached hydrogens (tertiary/aromatic N) is 4. The SMILES string of the molecule is C[C@]12Cc3cnn(-c4ccc(F)nc4)c3C=C1CCC1[C@@H]3CC[C@](Oc4cocn4)(C(=O)SCF)[C@@]3(C)C[C@H](O)[C@@]12F. The Morgan fingerprint density at radius 1 is 1.24 bits per heavy atom. The molecule has 3 heterocycles. The third kappa shape index (κ3) is 3.54. The number of rotatable bonds is 5. The highest BCUT2D eigenvalue weighted by atomic mass is 32.2. The molecule has 222 valence electrons. The van der Waals surface area contributed by atoms with Gasteiger partial charge in [0.25, 0.3) is 5.88 Å². The van der Waals surface area contributed by atoms with E-state index in [1.165, 1.54) is 24.9 Å². The fourth-order valence-corrected chi connectivity index (χ4v) is 9.59. The van der Waals surface area contributed by atoms with Crippen molar-refractivity contribution in [2.24, 2.45) is 22.7 Å². The van der Waals surface area contributed by atoms with Gasteiger partial charge in [0.1, 0.15) is 11.7 Å². The molecule has 0 spiro atoms. The zero-order valence-corrected chi connectivity index (χ0v) is 24.0. The monoisotopic (exact) mass is 600 g/mol. The van der Waals surface area contributed by atoms with E-state index in [0.717, 1.165) is 16.8 Å². The summed E-state index contributed by atoms with van der Waals surface area (Å²) >= 11 is 0.536. The molecule has 0 aliphatic heterocycles. The second kappa shape index (κ2) is 9.44. The lowest BCUT2D eigenvalue weighted by Crippen LogP contribution is -2.70. The van der Waals surface area contributed by atoms with Crippen molar-refractivity contribution in [2.45, 2.75) is 69.7 Å². The van der Waals surface area contributed by atoms with Gasteiger partial charge < -0.3 is 14.3 Å². The third-order valence-electron chi connectivity index (χ3n) is 10.9. The highest BCUT2D eigenvalue weighted by Crippen LogP contribution is 2.71. The van der Waals surface area contributed by atoms with Gasteiger partial charge in [0.15, 0.2) is 18.3 Å². The van der Waals surface area contributed by atoms with Gasteiger partial charge >= 0.3 is 0 Å². The molecule has 7 atom stereocenters. The summed E-state index contributed by atoms with van der Waals surface area (Å²) < 4.78 is 57.9. The minimum Gasteiger partial charge on any atom is -0.459 e. The molecule has 3 fully saturated rings. The molecule has 0 aromatic carbocycles. The average Bonchev–Trinajstić information content (AvgIpc) is 3.68. The maximum Gasteiger partial charge on any atom is 0.253 e. The summed E-state index contributed by atoms with van der Waals surface area (Å²) in [5.41, 5.74) is -2.36. The molecule has 3 saturated carbocycles. The van der Waals surface area contributed by atoms with Crippen molar-refractivity contribution < 1.29 is 32.2 Å². The van der Waals surface area contributed by atoms with Gasteiger partial charge in [-0.2, -0.15) is 14.5 Å². The molecular weight excluding hydrogens is 569 g/mol. The third-order valence-corrected chi connectivity index (χ3v) is 11.6. The highest BCUT2D eigenvalue weighted by molar-refractivity contribution is 8.13. The van der Waals surface area contributed by atoms with Crippen LogP contribution in [0.1, 0.15) is 57.2 Å². The van der Waals surface area contributed by atoms with E-state index in [-0.39, 0.29) is 24.6 Å². The lowest BCUT2D eigenvalue weighted by Gasteiger charge is -2.63. The van der Waals surface area contributed by atoms with Crippen molar-refractivity contribution in [2.75, 3.05) is 6.01 Å². The number of aliphatic hydroxyl groups is 1. The van der Waals surface area contributed by atoms with Crippen molar-refractivity contribution in [3.63, 3.8) is 0 Å². The van der Waals surface area contributed by atoms with Crippen LogP contribution in [0.3, 0.4) is 0 Å². The Morgan fingerprint density at radius 3 is 2.79 bits per heavy atom. The van der Waals surface area contributed by atoms with Crippen LogP contribution in [0.2, 0.25) is 0 Å². The van der Waals surface area contributed by atoms with E-state index in [0.29, 0.717) is 43.1 Å². The number of hydrogen-bond acceptors (Lipinski definition) is 8. The Balaban J connectivity index is 1.27. The van der Waals surface area contributed by atoms with E-state index >= 15 is 4.39 Å². The predicted octanol–water partition coefficient (Wildman–Crippen LogP) is 5.64. The maximum absolute atomic E-state index is 18.0. The number of halogens is 3. The van der Waals surface area contributed by atoms with Crippen LogP contribution in [0.15, 0.2) is 47.2 Å². The molecule has 4 aliphatic carbocycles. The normalized spacial score (nSPS) is 36.8. The zero-order chi connectivity index (χ0) is 29.5. The summed E-state index contributed by atoms with van der Waals surface area (Å²) in [6.45, 7) is 3.76. The number of pyridine rings is 1. The predicted molar refractivity (Wildman–Crippen MR) is 148 cm³/mol. The van der Waals surface area contributed by atoms with Crippen molar-refractivity contribution in [1.29, 1.82) is 0 Å². The molecule has 0 radical (unpaired) electrons. The lowest BCUT2D eigenvalue weighted by atomic mass is 9.44. The first-order valence-electron chi connectivity index (χ1n) is 14.1. The quantitative estimate of drug-likeness (QED) is 0.375. The Hall–Kier alpha value is -3.12. The van der Waals surface area contributed by atoms with Gasteiger partial charge in [-0.1, -0.05) is 19.4 Å². The number of aliphatic hydroxyl groups excluding tert-OH is 1. The number of carbonyl (C=O) groups excluding carboxylic acids is 1. The number of fused-ring (bicyclic) bond motifs is 6. The lowest BCUT2D eigenvalue weighted by molar-refractivity contribution is -0.219. The molecule has 1 unspecified atom stereocenters. The fraction of sp³-hybridized carbons (Fsp3) is 0.533. The summed E-state index contributed by atoms with van der Waals surface area (Å²) in [5.74, 6) is -1.34. The number of hydrogen-bond donors (Lipinski definition) is 1.